The van der Waals surface area contributed by atoms with Gasteiger partial charge in [0.15, 0.2) is 5.82 Å². The largest absolute Gasteiger partial charge is 0.399 e. The van der Waals surface area contributed by atoms with Crippen molar-refractivity contribution in [3.63, 3.8) is 0 Å². The Balaban J connectivity index is 2.01. The molecule has 1 aromatic heterocycles. The Labute approximate surface area is 143 Å². The Hall–Kier alpha value is -2.18. The van der Waals surface area contributed by atoms with Crippen molar-refractivity contribution >= 4 is 40.6 Å². The summed E-state index contributed by atoms with van der Waals surface area (Å²) in [5, 5.41) is 7.47. The van der Waals surface area contributed by atoms with Gasteiger partial charge < -0.3 is 10.2 Å². The van der Waals surface area contributed by atoms with Gasteiger partial charge in [0.2, 0.25) is 5.91 Å². The molecule has 0 saturated heterocycles. The highest BCUT2D eigenvalue weighted by Crippen LogP contribution is 2.23. The van der Waals surface area contributed by atoms with Crippen molar-refractivity contribution in [2.24, 2.45) is 5.16 Å². The highest BCUT2D eigenvalue weighted by molar-refractivity contribution is 6.42. The van der Waals surface area contributed by atoms with Crippen LogP contribution in [0.2, 0.25) is 10.0 Å². The van der Waals surface area contributed by atoms with Crippen LogP contribution in [0.5, 0.6) is 0 Å². The van der Waals surface area contributed by atoms with Gasteiger partial charge >= 0.3 is 0 Å². The van der Waals surface area contributed by atoms with E-state index in [4.69, 9.17) is 28.0 Å². The average molecular weight is 353 g/mol. The predicted molar refractivity (Wildman–Crippen MR) is 89.9 cm³/mol. The number of nitrogens with zero attached hydrogens (tertiary/aromatic N) is 3. The number of carbonyl (C=O) groups excluding carboxylic acids is 1. The molecule has 0 fully saturated rings. The number of halogens is 2. The Morgan fingerprint density at radius 3 is 2.74 bits per heavy atom. The van der Waals surface area contributed by atoms with Gasteiger partial charge in [-0.15, -0.1) is 0 Å². The molecule has 1 heterocycles. The van der Waals surface area contributed by atoms with Crippen LogP contribution in [0.4, 0.5) is 5.82 Å². The van der Waals surface area contributed by atoms with E-state index in [2.05, 4.69) is 20.4 Å². The number of benzene rings is 1. The second kappa shape index (κ2) is 8.45. The molecule has 2 rings (SSSR count). The standard InChI is InChI=1S/C15H14Cl2N4O2/c1-23-21-13(10-2-3-11(16)12(17)8-10)4-5-15(22)20-14-9-18-6-7-19-14/h2-3,6-9H,4-5H2,1H3,(H,19,20,22)/b21-13+. The topological polar surface area (TPSA) is 76.5 Å². The third-order valence-electron chi connectivity index (χ3n) is 2.87. The predicted octanol–water partition coefficient (Wildman–Crippen LogP) is 3.55. The van der Waals surface area contributed by atoms with Crippen molar-refractivity contribution in [1.82, 2.24) is 9.97 Å². The SMILES string of the molecule is CO/N=C(\CCC(=O)Nc1cnccn1)c1ccc(Cl)c(Cl)c1. The summed E-state index contributed by atoms with van der Waals surface area (Å²) in [7, 11) is 1.44. The van der Waals surface area contributed by atoms with Gasteiger partial charge in [0, 0.05) is 30.8 Å². The molecular weight excluding hydrogens is 339 g/mol. The first-order chi connectivity index (χ1) is 11.1. The molecule has 1 aromatic carbocycles. The van der Waals surface area contributed by atoms with E-state index >= 15 is 0 Å². The fraction of sp³-hybridized carbons (Fsp3) is 0.200. The van der Waals surface area contributed by atoms with Crippen molar-refractivity contribution in [2.45, 2.75) is 12.8 Å². The van der Waals surface area contributed by atoms with Crippen LogP contribution in [0.15, 0.2) is 41.9 Å². The van der Waals surface area contributed by atoms with Crippen LogP contribution in [0, 0.1) is 0 Å². The summed E-state index contributed by atoms with van der Waals surface area (Å²) < 4.78 is 0. The molecule has 1 amide bonds. The molecule has 0 spiro atoms. The normalized spacial score (nSPS) is 11.2. The number of oxime groups is 1. The van der Waals surface area contributed by atoms with Gasteiger partial charge in [0.05, 0.1) is 22.0 Å². The maximum atomic E-state index is 12.0. The lowest BCUT2D eigenvalue weighted by Crippen LogP contribution is -2.15. The Morgan fingerprint density at radius 1 is 1.26 bits per heavy atom. The minimum atomic E-state index is -0.200. The zero-order valence-corrected chi connectivity index (χ0v) is 13.8. The molecule has 8 heteroatoms. The third kappa shape index (κ3) is 5.19. The van der Waals surface area contributed by atoms with Crippen molar-refractivity contribution in [2.75, 3.05) is 12.4 Å². The first-order valence-corrected chi connectivity index (χ1v) is 7.47. The zero-order valence-electron chi connectivity index (χ0n) is 12.3. The van der Waals surface area contributed by atoms with Gasteiger partial charge in [0.1, 0.15) is 7.11 Å². The zero-order chi connectivity index (χ0) is 16.7. The second-order valence-electron chi connectivity index (χ2n) is 4.49. The van der Waals surface area contributed by atoms with Crippen LogP contribution in [-0.2, 0) is 9.63 Å². The first-order valence-electron chi connectivity index (χ1n) is 6.71. The Bertz CT molecular complexity index is 708. The van der Waals surface area contributed by atoms with Gasteiger partial charge in [-0.25, -0.2) is 4.98 Å². The minimum Gasteiger partial charge on any atom is -0.399 e. The molecular formula is C15H14Cl2N4O2. The quantitative estimate of drug-likeness (QED) is 0.636. The number of nitrogens with one attached hydrogen (secondary N) is 1. The molecule has 0 unspecified atom stereocenters. The van der Waals surface area contributed by atoms with Crippen LogP contribution >= 0.6 is 23.2 Å². The summed E-state index contributed by atoms with van der Waals surface area (Å²) in [4.78, 5) is 24.6. The summed E-state index contributed by atoms with van der Waals surface area (Å²) in [5.74, 6) is 0.201. The molecule has 120 valence electrons. The van der Waals surface area contributed by atoms with Gasteiger partial charge in [-0.3, -0.25) is 9.78 Å². The lowest BCUT2D eigenvalue weighted by molar-refractivity contribution is -0.116. The first kappa shape index (κ1) is 17.2. The number of amides is 1. The average Bonchev–Trinajstić information content (AvgIpc) is 2.55. The number of carbonyl (C=O) groups is 1. The summed E-state index contributed by atoms with van der Waals surface area (Å²) >= 11 is 11.9. The van der Waals surface area contributed by atoms with E-state index in [1.54, 1.807) is 18.2 Å². The van der Waals surface area contributed by atoms with Gasteiger partial charge in [-0.1, -0.05) is 34.4 Å². The number of rotatable bonds is 6. The molecule has 23 heavy (non-hydrogen) atoms. The van der Waals surface area contributed by atoms with E-state index < -0.39 is 0 Å². The molecule has 0 bridgehead atoms. The molecule has 2 aromatic rings. The fourth-order valence-electron chi connectivity index (χ4n) is 1.83. The molecule has 1 N–H and O–H groups in total. The second-order valence-corrected chi connectivity index (χ2v) is 5.30. The lowest BCUT2D eigenvalue weighted by atomic mass is 10.1. The molecule has 0 saturated carbocycles. The van der Waals surface area contributed by atoms with Crippen LogP contribution in [0.3, 0.4) is 0 Å². The highest BCUT2D eigenvalue weighted by atomic mass is 35.5. The minimum absolute atomic E-state index is 0.200. The van der Waals surface area contributed by atoms with E-state index in [1.165, 1.54) is 25.7 Å². The fourth-order valence-corrected chi connectivity index (χ4v) is 2.13. The van der Waals surface area contributed by atoms with Gasteiger partial charge in [-0.05, 0) is 12.1 Å². The van der Waals surface area contributed by atoms with Crippen LogP contribution in [0.1, 0.15) is 18.4 Å². The van der Waals surface area contributed by atoms with Crippen LogP contribution in [0.25, 0.3) is 0 Å². The monoisotopic (exact) mass is 352 g/mol. The number of aromatic nitrogens is 2. The maximum absolute atomic E-state index is 12.0. The molecule has 0 radical (unpaired) electrons. The summed E-state index contributed by atoms with van der Waals surface area (Å²) in [6.07, 6.45) is 5.09. The highest BCUT2D eigenvalue weighted by Gasteiger charge is 2.11. The van der Waals surface area contributed by atoms with Crippen LogP contribution < -0.4 is 5.32 Å². The molecule has 0 aliphatic heterocycles. The smallest absolute Gasteiger partial charge is 0.225 e. The van der Waals surface area contributed by atoms with Crippen molar-refractivity contribution in [3.05, 3.63) is 52.4 Å². The maximum Gasteiger partial charge on any atom is 0.225 e. The van der Waals surface area contributed by atoms with Crippen molar-refractivity contribution < 1.29 is 9.63 Å². The van der Waals surface area contributed by atoms with E-state index in [0.717, 1.165) is 5.56 Å². The van der Waals surface area contributed by atoms with Crippen molar-refractivity contribution in [1.29, 1.82) is 0 Å². The van der Waals surface area contributed by atoms with Crippen LogP contribution in [-0.4, -0.2) is 28.7 Å². The Morgan fingerprint density at radius 2 is 2.09 bits per heavy atom. The summed E-state index contributed by atoms with van der Waals surface area (Å²) in [5.41, 5.74) is 1.34. The van der Waals surface area contributed by atoms with E-state index in [9.17, 15) is 4.79 Å². The molecule has 0 atom stereocenters. The molecule has 6 nitrogen and oxygen atoms in total. The van der Waals surface area contributed by atoms with Crippen molar-refractivity contribution in [3.8, 4) is 0 Å². The molecule has 0 aliphatic rings. The number of anilines is 1. The molecule has 0 aliphatic carbocycles. The van der Waals surface area contributed by atoms with E-state index in [0.29, 0.717) is 28.0 Å². The summed E-state index contributed by atoms with van der Waals surface area (Å²) in [6, 6.07) is 5.12. The lowest BCUT2D eigenvalue weighted by Gasteiger charge is -2.08. The van der Waals surface area contributed by atoms with Gasteiger partial charge in [-0.2, -0.15) is 0 Å². The number of hydrogen-bond donors (Lipinski definition) is 1. The van der Waals surface area contributed by atoms with E-state index in [-0.39, 0.29) is 12.3 Å². The Kier molecular flexibility index (Phi) is 6.31. The number of hydrogen-bond acceptors (Lipinski definition) is 5. The van der Waals surface area contributed by atoms with Gasteiger partial charge in [0.25, 0.3) is 0 Å². The van der Waals surface area contributed by atoms with E-state index in [1.807, 2.05) is 0 Å². The summed E-state index contributed by atoms with van der Waals surface area (Å²) in [6.45, 7) is 0. The third-order valence-corrected chi connectivity index (χ3v) is 3.61.